The first-order chi connectivity index (χ1) is 5.27. The molecule has 0 spiro atoms. The van der Waals surface area contributed by atoms with E-state index in [9.17, 15) is 0 Å². The fraction of sp³-hybridized carbons (Fsp3) is 0.200. The summed E-state index contributed by atoms with van der Waals surface area (Å²) in [6, 6.07) is -0.316. The SMILES string of the molecule is NC1=NC2=NC=N[C@H]2C(Cl)=N1. The van der Waals surface area contributed by atoms with Gasteiger partial charge in [0.2, 0.25) is 5.96 Å². The van der Waals surface area contributed by atoms with E-state index in [4.69, 9.17) is 17.3 Å². The van der Waals surface area contributed by atoms with Gasteiger partial charge >= 0.3 is 0 Å². The number of hydrogen-bond acceptors (Lipinski definition) is 5. The van der Waals surface area contributed by atoms with E-state index in [-0.39, 0.29) is 12.0 Å². The van der Waals surface area contributed by atoms with Gasteiger partial charge in [-0.25, -0.2) is 9.98 Å². The zero-order valence-electron chi connectivity index (χ0n) is 5.40. The summed E-state index contributed by atoms with van der Waals surface area (Å²) in [7, 11) is 0. The lowest BCUT2D eigenvalue weighted by molar-refractivity contribution is 1.15. The van der Waals surface area contributed by atoms with Gasteiger partial charge in [0.15, 0.2) is 11.9 Å². The van der Waals surface area contributed by atoms with Gasteiger partial charge < -0.3 is 5.73 Å². The molecule has 0 saturated heterocycles. The molecule has 0 aliphatic carbocycles. The Morgan fingerprint density at radius 1 is 1.45 bits per heavy atom. The molecule has 0 radical (unpaired) electrons. The molecule has 0 bridgehead atoms. The van der Waals surface area contributed by atoms with Crippen LogP contribution in [0.1, 0.15) is 0 Å². The lowest BCUT2D eigenvalue weighted by atomic mass is 10.3. The van der Waals surface area contributed by atoms with E-state index >= 15 is 0 Å². The highest BCUT2D eigenvalue weighted by atomic mass is 35.5. The maximum absolute atomic E-state index is 5.71. The number of aliphatic imine (C=N–C) groups is 4. The van der Waals surface area contributed by atoms with Gasteiger partial charge in [0.05, 0.1) is 0 Å². The van der Waals surface area contributed by atoms with Gasteiger partial charge in [-0.2, -0.15) is 4.99 Å². The van der Waals surface area contributed by atoms with Crippen LogP contribution in [0.3, 0.4) is 0 Å². The molecule has 0 aromatic heterocycles. The predicted molar refractivity (Wildman–Crippen MR) is 44.6 cm³/mol. The largest absolute Gasteiger partial charge is 0.368 e. The highest BCUT2D eigenvalue weighted by Crippen LogP contribution is 2.12. The highest BCUT2D eigenvalue weighted by molar-refractivity contribution is 6.70. The Morgan fingerprint density at radius 3 is 3.09 bits per heavy atom. The van der Waals surface area contributed by atoms with Gasteiger partial charge in [-0.05, 0) is 0 Å². The Kier molecular flexibility index (Phi) is 1.25. The molecule has 1 atom stereocenters. The number of halogens is 1. The fourth-order valence-electron chi connectivity index (χ4n) is 0.867. The molecular formula is C5H4ClN5. The molecule has 11 heavy (non-hydrogen) atoms. The van der Waals surface area contributed by atoms with Crippen molar-refractivity contribution >= 4 is 34.9 Å². The van der Waals surface area contributed by atoms with Gasteiger partial charge in [0.25, 0.3) is 0 Å². The average Bonchev–Trinajstić information content (AvgIpc) is 2.34. The Bertz CT molecular complexity index is 313. The van der Waals surface area contributed by atoms with E-state index in [0.717, 1.165) is 0 Å². The monoisotopic (exact) mass is 169 g/mol. The Balaban J connectivity index is 2.45. The van der Waals surface area contributed by atoms with Crippen molar-refractivity contribution < 1.29 is 0 Å². The van der Waals surface area contributed by atoms with Crippen LogP contribution in [-0.2, 0) is 0 Å². The Labute approximate surface area is 67.4 Å². The van der Waals surface area contributed by atoms with Crippen molar-refractivity contribution in [3.63, 3.8) is 0 Å². The quantitative estimate of drug-likeness (QED) is 0.534. The van der Waals surface area contributed by atoms with Crippen LogP contribution in [0.4, 0.5) is 0 Å². The molecule has 2 heterocycles. The number of hydrogen-bond donors (Lipinski definition) is 1. The molecule has 0 aromatic rings. The smallest absolute Gasteiger partial charge is 0.223 e. The van der Waals surface area contributed by atoms with Gasteiger partial charge in [-0.3, -0.25) is 4.99 Å². The maximum Gasteiger partial charge on any atom is 0.223 e. The normalized spacial score (nSPS) is 27.4. The van der Waals surface area contributed by atoms with E-state index in [1.807, 2.05) is 0 Å². The summed E-state index contributed by atoms with van der Waals surface area (Å²) in [4.78, 5) is 15.4. The van der Waals surface area contributed by atoms with E-state index in [2.05, 4.69) is 20.0 Å². The first-order valence-electron chi connectivity index (χ1n) is 2.95. The van der Waals surface area contributed by atoms with Crippen molar-refractivity contribution in [2.45, 2.75) is 6.04 Å². The molecule has 6 heteroatoms. The molecule has 0 unspecified atom stereocenters. The van der Waals surface area contributed by atoms with Crippen molar-refractivity contribution in [3.05, 3.63) is 0 Å². The molecule has 2 aliphatic rings. The van der Waals surface area contributed by atoms with Crippen LogP contribution in [-0.4, -0.2) is 29.3 Å². The summed E-state index contributed by atoms with van der Waals surface area (Å²) in [6.45, 7) is 0. The third-order valence-corrected chi connectivity index (χ3v) is 1.62. The average molecular weight is 170 g/mol. The van der Waals surface area contributed by atoms with Crippen LogP contribution < -0.4 is 5.73 Å². The number of nitrogens with zero attached hydrogens (tertiary/aromatic N) is 4. The lowest BCUT2D eigenvalue weighted by Crippen LogP contribution is -2.29. The second kappa shape index (κ2) is 2.13. The minimum atomic E-state index is -0.316. The van der Waals surface area contributed by atoms with Crippen molar-refractivity contribution in [1.82, 2.24) is 0 Å². The summed E-state index contributed by atoms with van der Waals surface area (Å²) < 4.78 is 0. The molecule has 0 saturated carbocycles. The number of guanidine groups is 1. The summed E-state index contributed by atoms with van der Waals surface area (Å²) in [5.74, 6) is 0.651. The summed E-state index contributed by atoms with van der Waals surface area (Å²) in [5, 5.41) is 0.324. The molecule has 56 valence electrons. The van der Waals surface area contributed by atoms with Crippen molar-refractivity contribution in [2.24, 2.45) is 25.7 Å². The van der Waals surface area contributed by atoms with Crippen LogP contribution in [0.2, 0.25) is 0 Å². The number of fused-ring (bicyclic) bond motifs is 1. The molecule has 0 fully saturated rings. The second-order valence-corrected chi connectivity index (χ2v) is 2.45. The van der Waals surface area contributed by atoms with Crippen LogP contribution in [0.5, 0.6) is 0 Å². The fourth-order valence-corrected chi connectivity index (χ4v) is 1.11. The maximum atomic E-state index is 5.71. The van der Waals surface area contributed by atoms with Crippen molar-refractivity contribution in [1.29, 1.82) is 0 Å². The molecule has 2 N–H and O–H groups in total. The van der Waals surface area contributed by atoms with E-state index in [1.54, 1.807) is 0 Å². The zero-order valence-corrected chi connectivity index (χ0v) is 6.15. The Morgan fingerprint density at radius 2 is 2.27 bits per heavy atom. The van der Waals surface area contributed by atoms with Crippen LogP contribution in [0.25, 0.3) is 0 Å². The van der Waals surface area contributed by atoms with E-state index < -0.39 is 0 Å². The van der Waals surface area contributed by atoms with Crippen molar-refractivity contribution in [3.8, 4) is 0 Å². The summed E-state index contributed by atoms with van der Waals surface area (Å²) in [6.07, 6.45) is 1.40. The number of amidine groups is 1. The zero-order chi connectivity index (χ0) is 7.84. The standard InChI is InChI=1S/C5H4ClN5/c6-3-2-4(9-1-8-2)11-5(7)10-3/h1-2H,(H2,7,8,9,11)/t2-/m0/s1. The number of rotatable bonds is 0. The Hall–Kier alpha value is -1.23. The minimum absolute atomic E-state index is 0.135. The van der Waals surface area contributed by atoms with Gasteiger partial charge in [0, 0.05) is 0 Å². The highest BCUT2D eigenvalue weighted by Gasteiger charge is 2.26. The van der Waals surface area contributed by atoms with E-state index in [0.29, 0.717) is 11.0 Å². The van der Waals surface area contributed by atoms with Gasteiger partial charge in [-0.15, -0.1) is 0 Å². The van der Waals surface area contributed by atoms with Crippen molar-refractivity contribution in [2.75, 3.05) is 0 Å². The van der Waals surface area contributed by atoms with Crippen LogP contribution >= 0.6 is 11.6 Å². The van der Waals surface area contributed by atoms with Gasteiger partial charge in [0.1, 0.15) is 11.5 Å². The molecular weight excluding hydrogens is 166 g/mol. The topological polar surface area (TPSA) is 75.5 Å². The second-order valence-electron chi connectivity index (χ2n) is 2.06. The predicted octanol–water partition coefficient (Wildman–Crippen LogP) is -0.239. The molecule has 5 nitrogen and oxygen atoms in total. The third kappa shape index (κ3) is 0.932. The molecule has 0 amide bonds. The first kappa shape index (κ1) is 6.48. The molecule has 2 rings (SSSR count). The van der Waals surface area contributed by atoms with Gasteiger partial charge in [-0.1, -0.05) is 11.6 Å². The minimum Gasteiger partial charge on any atom is -0.368 e. The van der Waals surface area contributed by atoms with Crippen LogP contribution in [0, 0.1) is 0 Å². The molecule has 2 aliphatic heterocycles. The third-order valence-electron chi connectivity index (χ3n) is 1.33. The summed E-state index contributed by atoms with van der Waals surface area (Å²) in [5.41, 5.74) is 5.32. The first-order valence-corrected chi connectivity index (χ1v) is 3.33. The van der Waals surface area contributed by atoms with Crippen LogP contribution in [0.15, 0.2) is 20.0 Å². The lowest BCUT2D eigenvalue weighted by Gasteiger charge is -2.09. The molecule has 0 aromatic carbocycles. The number of nitrogens with two attached hydrogens (primary N) is 1. The summed E-state index contributed by atoms with van der Waals surface area (Å²) >= 11 is 5.71. The van der Waals surface area contributed by atoms with E-state index in [1.165, 1.54) is 6.34 Å².